The average molecular weight is 387 g/mol. The highest BCUT2D eigenvalue weighted by atomic mass is 19.3. The van der Waals surface area contributed by atoms with Crippen molar-refractivity contribution < 1.29 is 27.8 Å². The molecule has 0 radical (unpaired) electrons. The van der Waals surface area contributed by atoms with Crippen LogP contribution in [0.4, 0.5) is 8.78 Å². The molecule has 0 unspecified atom stereocenters. The van der Waals surface area contributed by atoms with Crippen molar-refractivity contribution in [1.29, 1.82) is 0 Å². The van der Waals surface area contributed by atoms with E-state index in [4.69, 9.17) is 9.47 Å². The summed E-state index contributed by atoms with van der Waals surface area (Å²) in [5, 5.41) is 4.66. The molecule has 28 heavy (non-hydrogen) atoms. The Balaban J connectivity index is 1.63. The third-order valence-electron chi connectivity index (χ3n) is 4.05. The number of carbonyl (C=O) groups is 1. The summed E-state index contributed by atoms with van der Waals surface area (Å²) in [5.74, 6) is -0.0982. The Bertz CT molecular complexity index is 957. The van der Waals surface area contributed by atoms with Gasteiger partial charge in [-0.25, -0.2) is 0 Å². The van der Waals surface area contributed by atoms with Crippen LogP contribution >= 0.6 is 0 Å². The van der Waals surface area contributed by atoms with Crippen LogP contribution in [0.3, 0.4) is 0 Å². The van der Waals surface area contributed by atoms with Gasteiger partial charge in [-0.1, -0.05) is 42.5 Å². The molecule has 5 nitrogen and oxygen atoms in total. The molecule has 3 aromatic rings. The fourth-order valence-corrected chi connectivity index (χ4v) is 2.81. The fourth-order valence-electron chi connectivity index (χ4n) is 2.81. The van der Waals surface area contributed by atoms with Gasteiger partial charge in [-0.15, -0.1) is 0 Å². The topological polar surface area (TPSA) is 56.8 Å². The van der Waals surface area contributed by atoms with E-state index in [0.29, 0.717) is 5.75 Å². The van der Waals surface area contributed by atoms with Crippen molar-refractivity contribution >= 4 is 16.7 Å². The average Bonchev–Trinajstić information content (AvgIpc) is 2.71. The van der Waals surface area contributed by atoms with E-state index in [1.54, 1.807) is 0 Å². The molecule has 0 saturated carbocycles. The van der Waals surface area contributed by atoms with Gasteiger partial charge in [0.05, 0.1) is 19.2 Å². The molecule has 3 rings (SSSR count). The molecule has 0 aliphatic carbocycles. The highest BCUT2D eigenvalue weighted by Crippen LogP contribution is 2.32. The van der Waals surface area contributed by atoms with Crippen LogP contribution in [0.15, 0.2) is 60.7 Å². The first-order valence-corrected chi connectivity index (χ1v) is 8.60. The Kier molecular flexibility index (Phi) is 6.26. The van der Waals surface area contributed by atoms with E-state index in [1.807, 2.05) is 42.5 Å². The van der Waals surface area contributed by atoms with E-state index in [2.05, 4.69) is 10.1 Å². The zero-order chi connectivity index (χ0) is 19.9. The minimum absolute atomic E-state index is 0.0372. The quantitative estimate of drug-likeness (QED) is 0.587. The maximum absolute atomic E-state index is 12.7. The van der Waals surface area contributed by atoms with Crippen LogP contribution in [-0.2, 0) is 0 Å². The smallest absolute Gasteiger partial charge is 0.387 e. The van der Waals surface area contributed by atoms with Gasteiger partial charge in [-0.2, -0.15) is 8.78 Å². The molecule has 0 atom stereocenters. The summed E-state index contributed by atoms with van der Waals surface area (Å²) >= 11 is 0. The Labute approximate surface area is 160 Å². The zero-order valence-electron chi connectivity index (χ0n) is 15.2. The van der Waals surface area contributed by atoms with Crippen LogP contribution in [0.1, 0.15) is 10.4 Å². The van der Waals surface area contributed by atoms with Crippen molar-refractivity contribution in [2.75, 3.05) is 20.3 Å². The number of methoxy groups -OCH3 is 1. The molecular weight excluding hydrogens is 368 g/mol. The number of ether oxygens (including phenoxy) is 3. The first kappa shape index (κ1) is 19.4. The second-order valence-corrected chi connectivity index (χ2v) is 5.80. The number of para-hydroxylation sites is 1. The largest absolute Gasteiger partial charge is 0.493 e. The number of alkyl halides is 2. The number of benzene rings is 3. The van der Waals surface area contributed by atoms with Gasteiger partial charge in [0, 0.05) is 5.39 Å². The van der Waals surface area contributed by atoms with Gasteiger partial charge < -0.3 is 19.5 Å². The van der Waals surface area contributed by atoms with E-state index in [9.17, 15) is 13.6 Å². The van der Waals surface area contributed by atoms with Crippen LogP contribution in [0, 0.1) is 0 Å². The van der Waals surface area contributed by atoms with E-state index in [1.165, 1.54) is 25.3 Å². The lowest BCUT2D eigenvalue weighted by Gasteiger charge is -2.14. The molecule has 0 bridgehead atoms. The van der Waals surface area contributed by atoms with Crippen molar-refractivity contribution in [2.24, 2.45) is 0 Å². The third-order valence-corrected chi connectivity index (χ3v) is 4.05. The second-order valence-electron chi connectivity index (χ2n) is 5.80. The van der Waals surface area contributed by atoms with Crippen molar-refractivity contribution in [3.63, 3.8) is 0 Å². The van der Waals surface area contributed by atoms with Gasteiger partial charge in [0.1, 0.15) is 12.4 Å². The Morgan fingerprint density at radius 1 is 1.00 bits per heavy atom. The molecule has 0 spiro atoms. The molecular formula is C21H19F2NO4. The van der Waals surface area contributed by atoms with Gasteiger partial charge in [-0.3, -0.25) is 4.79 Å². The maximum Gasteiger partial charge on any atom is 0.387 e. The molecule has 0 heterocycles. The predicted molar refractivity (Wildman–Crippen MR) is 101 cm³/mol. The molecule has 3 aromatic carbocycles. The SMILES string of the molecule is COc1cccc(C(=O)NCCOc2cccc3ccccc23)c1OC(F)F. The number of fused-ring (bicyclic) bond motifs is 1. The number of hydrogen-bond donors (Lipinski definition) is 1. The van der Waals surface area contributed by atoms with Crippen LogP contribution in [0.2, 0.25) is 0 Å². The van der Waals surface area contributed by atoms with Gasteiger partial charge in [0.2, 0.25) is 0 Å². The summed E-state index contributed by atoms with van der Waals surface area (Å²) in [6.07, 6.45) is 0. The Morgan fingerprint density at radius 2 is 1.71 bits per heavy atom. The van der Waals surface area contributed by atoms with Crippen molar-refractivity contribution in [3.05, 3.63) is 66.2 Å². The lowest BCUT2D eigenvalue weighted by molar-refractivity contribution is -0.0515. The molecule has 0 aliphatic rings. The van der Waals surface area contributed by atoms with Crippen LogP contribution in [-0.4, -0.2) is 32.8 Å². The summed E-state index contributed by atoms with van der Waals surface area (Å²) in [6.45, 7) is -2.67. The van der Waals surface area contributed by atoms with Gasteiger partial charge in [0.25, 0.3) is 5.91 Å². The van der Waals surface area contributed by atoms with Crippen LogP contribution in [0.5, 0.6) is 17.2 Å². The van der Waals surface area contributed by atoms with Crippen LogP contribution < -0.4 is 19.5 Å². The number of halogens is 2. The monoisotopic (exact) mass is 387 g/mol. The third kappa shape index (κ3) is 4.49. The first-order chi connectivity index (χ1) is 13.6. The van der Waals surface area contributed by atoms with E-state index in [0.717, 1.165) is 10.8 Å². The molecule has 146 valence electrons. The van der Waals surface area contributed by atoms with Crippen molar-refractivity contribution in [3.8, 4) is 17.2 Å². The summed E-state index contributed by atoms with van der Waals surface area (Å²) in [5.41, 5.74) is -0.0372. The van der Waals surface area contributed by atoms with Crippen molar-refractivity contribution in [1.82, 2.24) is 5.32 Å². The van der Waals surface area contributed by atoms with Crippen LogP contribution in [0.25, 0.3) is 10.8 Å². The standard InChI is InChI=1S/C21H19F2NO4/c1-26-18-11-5-9-16(19(18)28-21(22)23)20(25)24-12-13-27-17-10-4-7-14-6-2-3-8-15(14)17/h2-11,21H,12-13H2,1H3,(H,24,25). The lowest BCUT2D eigenvalue weighted by atomic mass is 10.1. The molecule has 1 amide bonds. The van der Waals surface area contributed by atoms with Gasteiger partial charge >= 0.3 is 6.61 Å². The number of carbonyl (C=O) groups excluding carboxylic acids is 1. The summed E-state index contributed by atoms with van der Waals surface area (Å²) in [4.78, 5) is 12.4. The summed E-state index contributed by atoms with van der Waals surface area (Å²) in [6, 6.07) is 17.9. The highest BCUT2D eigenvalue weighted by molar-refractivity contribution is 5.97. The number of hydrogen-bond acceptors (Lipinski definition) is 4. The van der Waals surface area contributed by atoms with E-state index >= 15 is 0 Å². The van der Waals surface area contributed by atoms with E-state index in [-0.39, 0.29) is 30.2 Å². The summed E-state index contributed by atoms with van der Waals surface area (Å²) < 4.78 is 40.6. The number of rotatable bonds is 8. The Morgan fingerprint density at radius 3 is 2.50 bits per heavy atom. The molecule has 7 heteroatoms. The Hall–Kier alpha value is -3.35. The number of nitrogens with one attached hydrogen (secondary N) is 1. The molecule has 0 aliphatic heterocycles. The molecule has 0 saturated heterocycles. The number of amides is 1. The minimum atomic E-state index is -3.07. The molecule has 0 fully saturated rings. The first-order valence-electron chi connectivity index (χ1n) is 8.60. The predicted octanol–water partition coefficient (Wildman–Crippen LogP) is 4.26. The second kappa shape index (κ2) is 9.03. The fraction of sp³-hybridized carbons (Fsp3) is 0.190. The van der Waals surface area contributed by atoms with Crippen molar-refractivity contribution in [2.45, 2.75) is 6.61 Å². The summed E-state index contributed by atoms with van der Waals surface area (Å²) in [7, 11) is 1.31. The normalized spacial score (nSPS) is 10.7. The highest BCUT2D eigenvalue weighted by Gasteiger charge is 2.20. The molecule has 0 aromatic heterocycles. The zero-order valence-corrected chi connectivity index (χ0v) is 15.2. The maximum atomic E-state index is 12.7. The van der Waals surface area contributed by atoms with Gasteiger partial charge in [-0.05, 0) is 23.6 Å². The minimum Gasteiger partial charge on any atom is -0.493 e. The molecule has 1 N–H and O–H groups in total. The van der Waals surface area contributed by atoms with E-state index < -0.39 is 12.5 Å². The van der Waals surface area contributed by atoms with Gasteiger partial charge in [0.15, 0.2) is 11.5 Å². The lowest BCUT2D eigenvalue weighted by Crippen LogP contribution is -2.28.